The van der Waals surface area contributed by atoms with Crippen LogP contribution >= 0.6 is 11.8 Å². The van der Waals surface area contributed by atoms with Gasteiger partial charge in [-0.05, 0) is 36.2 Å². The molecule has 0 atom stereocenters. The van der Waals surface area contributed by atoms with Crippen molar-refractivity contribution in [3.8, 4) is 0 Å². The molecule has 1 rings (SSSR count). The lowest BCUT2D eigenvalue weighted by atomic mass is 10.2. The van der Waals surface area contributed by atoms with Gasteiger partial charge in [-0.1, -0.05) is 6.08 Å². The van der Waals surface area contributed by atoms with E-state index in [0.717, 1.165) is 31.0 Å². The summed E-state index contributed by atoms with van der Waals surface area (Å²) in [6.45, 7) is 3.91. The van der Waals surface area contributed by atoms with E-state index in [-0.39, 0.29) is 5.30 Å². The average Bonchev–Trinajstić information content (AvgIpc) is 2.77. The summed E-state index contributed by atoms with van der Waals surface area (Å²) in [6.07, 6.45) is 4.62. The van der Waals surface area contributed by atoms with Crippen molar-refractivity contribution in [2.45, 2.75) is 25.7 Å². The Bertz CT molecular complexity index is 425. The first kappa shape index (κ1) is 14.6. The van der Waals surface area contributed by atoms with Crippen molar-refractivity contribution in [3.63, 3.8) is 0 Å². The van der Waals surface area contributed by atoms with E-state index >= 15 is 0 Å². The van der Waals surface area contributed by atoms with Gasteiger partial charge in [-0.25, -0.2) is 9.59 Å². The third-order valence-electron chi connectivity index (χ3n) is 2.00. The minimum absolute atomic E-state index is 0.280. The molecule has 6 nitrogen and oxygen atoms in total. The summed E-state index contributed by atoms with van der Waals surface area (Å²) >= 11 is 1.09. The van der Waals surface area contributed by atoms with Crippen LogP contribution in [0.2, 0.25) is 0 Å². The highest BCUT2D eigenvalue weighted by Crippen LogP contribution is 2.07. The maximum atomic E-state index is 11.1. The summed E-state index contributed by atoms with van der Waals surface area (Å²) in [5.41, 5.74) is 0. The third kappa shape index (κ3) is 6.29. The zero-order chi connectivity index (χ0) is 13.2. The number of carbonyl (C=O) groups is 1. The highest BCUT2D eigenvalue weighted by molar-refractivity contribution is 8.13. The highest BCUT2D eigenvalue weighted by Gasteiger charge is 2.04. The second-order valence-electron chi connectivity index (χ2n) is 3.44. The molecule has 0 aliphatic rings. The Morgan fingerprint density at radius 3 is 2.94 bits per heavy atom. The number of hydrogen-bond acceptors (Lipinski definition) is 7. The molecule has 1 aromatic rings. The average molecular weight is 273 g/mol. The summed E-state index contributed by atoms with van der Waals surface area (Å²) in [4.78, 5) is 21.6. The fourth-order valence-electron chi connectivity index (χ4n) is 1.20. The zero-order valence-corrected chi connectivity index (χ0v) is 10.7. The fraction of sp³-hybridized carbons (Fsp3) is 0.545. The summed E-state index contributed by atoms with van der Waals surface area (Å²) in [6, 6.07) is 0. The maximum Gasteiger partial charge on any atom is 0.542 e. The molecule has 0 amide bonds. The van der Waals surface area contributed by atoms with Crippen LogP contribution in [0.25, 0.3) is 0 Å². The Labute approximate surface area is 108 Å². The first-order valence-electron chi connectivity index (χ1n) is 5.58. The van der Waals surface area contributed by atoms with Crippen molar-refractivity contribution < 1.29 is 18.5 Å². The predicted octanol–water partition coefficient (Wildman–Crippen LogP) is 2.40. The fourth-order valence-corrected chi connectivity index (χ4v) is 1.62. The lowest BCUT2D eigenvalue weighted by molar-refractivity contribution is 0.172. The van der Waals surface area contributed by atoms with Gasteiger partial charge >= 0.3 is 11.1 Å². The van der Waals surface area contributed by atoms with Gasteiger partial charge in [-0.15, -0.1) is 6.58 Å². The lowest BCUT2D eigenvalue weighted by Crippen LogP contribution is -2.00. The molecule has 0 spiro atoms. The molecular weight excluding hydrogens is 258 g/mol. The molecule has 0 unspecified atom stereocenters. The van der Waals surface area contributed by atoms with Crippen LogP contribution in [0.3, 0.4) is 0 Å². The van der Waals surface area contributed by atoms with Gasteiger partial charge in [0.15, 0.2) is 0 Å². The molecule has 1 heterocycles. The number of thioether (sulfide) groups is 1. The van der Waals surface area contributed by atoms with Gasteiger partial charge in [0.2, 0.25) is 5.89 Å². The Hall–Kier alpha value is -1.50. The largest absolute Gasteiger partial charge is 0.542 e. The van der Waals surface area contributed by atoms with E-state index in [9.17, 15) is 9.59 Å². The normalized spacial score (nSPS) is 10.2. The predicted molar refractivity (Wildman–Crippen MR) is 66.6 cm³/mol. The Balaban J connectivity index is 1.97. The van der Waals surface area contributed by atoms with Gasteiger partial charge < -0.3 is 9.15 Å². The molecular formula is C11H15NO5S. The molecule has 0 aliphatic carbocycles. The van der Waals surface area contributed by atoms with Gasteiger partial charge in [-0.3, -0.25) is 4.52 Å². The van der Waals surface area contributed by atoms with E-state index < -0.39 is 5.82 Å². The molecule has 0 saturated heterocycles. The van der Waals surface area contributed by atoms with Gasteiger partial charge in [0.05, 0.1) is 6.61 Å². The molecule has 18 heavy (non-hydrogen) atoms. The number of aromatic nitrogens is 1. The van der Waals surface area contributed by atoms with Crippen LogP contribution in [-0.2, 0) is 11.2 Å². The standard InChI is InChI=1S/C11H15NO5S/c1-2-8-18-11(14)15-7-5-3-4-6-9-12-17-10(13)16-9/h2H,1,3-8H2. The molecule has 100 valence electrons. The van der Waals surface area contributed by atoms with E-state index in [1.54, 1.807) is 6.08 Å². The number of aryl methyl sites for hydroxylation is 1. The molecule has 0 saturated carbocycles. The number of nitrogens with zero attached hydrogens (tertiary/aromatic N) is 1. The minimum Gasteiger partial charge on any atom is -0.458 e. The lowest BCUT2D eigenvalue weighted by Gasteiger charge is -2.02. The topological polar surface area (TPSA) is 82.5 Å². The summed E-state index contributed by atoms with van der Waals surface area (Å²) in [5.74, 6) is 0.0843. The highest BCUT2D eigenvalue weighted by atomic mass is 32.2. The van der Waals surface area contributed by atoms with E-state index in [4.69, 9.17) is 4.74 Å². The molecule has 1 aromatic heterocycles. The molecule has 0 radical (unpaired) electrons. The number of hydrogen-bond donors (Lipinski definition) is 0. The van der Waals surface area contributed by atoms with Crippen molar-refractivity contribution in [1.29, 1.82) is 0 Å². The molecule has 0 N–H and O–H groups in total. The number of ether oxygens (including phenoxy) is 1. The van der Waals surface area contributed by atoms with Crippen molar-refractivity contribution in [2.75, 3.05) is 12.4 Å². The van der Waals surface area contributed by atoms with Crippen molar-refractivity contribution >= 4 is 17.1 Å². The summed E-state index contributed by atoms with van der Waals surface area (Å²) in [7, 11) is 0. The van der Waals surface area contributed by atoms with Gasteiger partial charge in [-0.2, -0.15) is 0 Å². The molecule has 7 heteroatoms. The maximum absolute atomic E-state index is 11.1. The van der Waals surface area contributed by atoms with Gasteiger partial charge in [0, 0.05) is 12.2 Å². The molecule has 0 fully saturated rings. The van der Waals surface area contributed by atoms with Crippen LogP contribution in [0.15, 0.2) is 26.4 Å². The van der Waals surface area contributed by atoms with Gasteiger partial charge in [0.1, 0.15) is 0 Å². The molecule has 0 bridgehead atoms. The SMILES string of the molecule is C=CCSC(=O)OCCCCCc1noc(=O)o1. The zero-order valence-electron chi connectivity index (χ0n) is 9.92. The van der Waals surface area contributed by atoms with Gasteiger partial charge in [0.25, 0.3) is 0 Å². The number of rotatable bonds is 8. The summed E-state index contributed by atoms with van der Waals surface area (Å²) in [5, 5.41) is 3.16. The van der Waals surface area contributed by atoms with E-state index in [1.165, 1.54) is 0 Å². The van der Waals surface area contributed by atoms with Crippen LogP contribution in [0.4, 0.5) is 4.79 Å². The van der Waals surface area contributed by atoms with Crippen LogP contribution in [0.1, 0.15) is 25.2 Å². The van der Waals surface area contributed by atoms with E-state index in [0.29, 0.717) is 24.7 Å². The second-order valence-corrected chi connectivity index (χ2v) is 4.39. The third-order valence-corrected chi connectivity index (χ3v) is 2.75. The Morgan fingerprint density at radius 1 is 1.44 bits per heavy atom. The van der Waals surface area contributed by atoms with Crippen molar-refractivity contribution in [3.05, 3.63) is 29.2 Å². The molecule has 0 aromatic carbocycles. The Morgan fingerprint density at radius 2 is 2.28 bits per heavy atom. The minimum atomic E-state index is -0.779. The Kier molecular flexibility index (Phi) is 6.93. The van der Waals surface area contributed by atoms with E-state index in [1.807, 2.05) is 0 Å². The van der Waals surface area contributed by atoms with Crippen LogP contribution < -0.4 is 5.82 Å². The summed E-state index contributed by atoms with van der Waals surface area (Å²) < 4.78 is 13.9. The molecule has 0 aliphatic heterocycles. The van der Waals surface area contributed by atoms with Crippen LogP contribution in [0.5, 0.6) is 0 Å². The first-order chi connectivity index (χ1) is 8.72. The van der Waals surface area contributed by atoms with Crippen molar-refractivity contribution in [1.82, 2.24) is 5.16 Å². The van der Waals surface area contributed by atoms with E-state index in [2.05, 4.69) is 20.7 Å². The quantitative estimate of drug-likeness (QED) is 0.408. The number of unbranched alkanes of at least 4 members (excludes halogenated alkanes) is 2. The monoisotopic (exact) mass is 273 g/mol. The smallest absolute Gasteiger partial charge is 0.458 e. The van der Waals surface area contributed by atoms with Crippen LogP contribution in [-0.4, -0.2) is 22.8 Å². The first-order valence-corrected chi connectivity index (χ1v) is 6.57. The number of carbonyl (C=O) groups excluding carboxylic acids is 1. The second kappa shape index (κ2) is 8.57. The van der Waals surface area contributed by atoms with Crippen LogP contribution in [0, 0.1) is 0 Å². The van der Waals surface area contributed by atoms with Crippen molar-refractivity contribution in [2.24, 2.45) is 0 Å².